The molecular weight excluding hydrogens is 226 g/mol. The highest BCUT2D eigenvalue weighted by Crippen LogP contribution is 2.47. The highest BCUT2D eigenvalue weighted by molar-refractivity contribution is 5.14. The molecule has 1 aromatic heterocycles. The van der Waals surface area contributed by atoms with Crippen LogP contribution in [-0.2, 0) is 17.7 Å². The third-order valence-corrected chi connectivity index (χ3v) is 3.78. The molecule has 1 aliphatic rings. The highest BCUT2D eigenvalue weighted by Gasteiger charge is 2.42. The molecular formula is C14H25N3O. The van der Waals surface area contributed by atoms with E-state index < -0.39 is 0 Å². The summed E-state index contributed by atoms with van der Waals surface area (Å²) < 4.78 is 7.20. The number of aryl methyl sites for hydroxylation is 2. The molecule has 0 bridgehead atoms. The normalized spacial score (nSPS) is 17.1. The molecule has 4 nitrogen and oxygen atoms in total. The van der Waals surface area contributed by atoms with Gasteiger partial charge in [0.1, 0.15) is 0 Å². The number of hydrogen-bond acceptors (Lipinski definition) is 3. The monoisotopic (exact) mass is 251 g/mol. The molecule has 1 heterocycles. The number of rotatable bonds is 8. The van der Waals surface area contributed by atoms with E-state index in [2.05, 4.69) is 35.0 Å². The van der Waals surface area contributed by atoms with Crippen LogP contribution in [0.4, 0.5) is 0 Å². The minimum atomic E-state index is 0.479. The topological polar surface area (TPSA) is 39.1 Å². The van der Waals surface area contributed by atoms with Crippen LogP contribution in [0, 0.1) is 12.3 Å². The van der Waals surface area contributed by atoms with Crippen LogP contribution in [0.25, 0.3) is 0 Å². The lowest BCUT2D eigenvalue weighted by molar-refractivity contribution is 0.197. The van der Waals surface area contributed by atoms with Crippen molar-refractivity contribution in [3.63, 3.8) is 0 Å². The summed E-state index contributed by atoms with van der Waals surface area (Å²) in [5.41, 5.74) is 3.00. The molecule has 1 aliphatic carbocycles. The van der Waals surface area contributed by atoms with E-state index >= 15 is 0 Å². The molecule has 0 radical (unpaired) electrons. The number of hydrogen-bond donors (Lipinski definition) is 1. The lowest BCUT2D eigenvalue weighted by Gasteiger charge is -2.16. The SMILES string of the molecule is CCn1nc(C)cc1CC1(CNCCOC)CC1. The second-order valence-corrected chi connectivity index (χ2v) is 5.44. The van der Waals surface area contributed by atoms with Crippen molar-refractivity contribution < 1.29 is 4.74 Å². The van der Waals surface area contributed by atoms with E-state index in [0.29, 0.717) is 5.41 Å². The van der Waals surface area contributed by atoms with Gasteiger partial charge in [0.15, 0.2) is 0 Å². The number of ether oxygens (including phenoxy) is 1. The quantitative estimate of drug-likeness (QED) is 0.716. The first-order valence-electron chi connectivity index (χ1n) is 6.92. The molecule has 1 aromatic rings. The summed E-state index contributed by atoms with van der Waals surface area (Å²) in [5.74, 6) is 0. The van der Waals surface area contributed by atoms with Crippen LogP contribution in [0.15, 0.2) is 6.07 Å². The molecule has 18 heavy (non-hydrogen) atoms. The van der Waals surface area contributed by atoms with E-state index in [1.54, 1.807) is 7.11 Å². The molecule has 0 amide bonds. The molecule has 1 fully saturated rings. The van der Waals surface area contributed by atoms with E-state index in [4.69, 9.17) is 4.74 Å². The van der Waals surface area contributed by atoms with Gasteiger partial charge in [0, 0.05) is 32.4 Å². The van der Waals surface area contributed by atoms with Gasteiger partial charge >= 0.3 is 0 Å². The van der Waals surface area contributed by atoms with Crippen molar-refractivity contribution in [2.45, 2.75) is 39.7 Å². The molecule has 4 heteroatoms. The van der Waals surface area contributed by atoms with Crippen molar-refractivity contribution in [3.05, 3.63) is 17.5 Å². The second-order valence-electron chi connectivity index (χ2n) is 5.44. The second kappa shape index (κ2) is 5.85. The van der Waals surface area contributed by atoms with E-state index in [0.717, 1.165) is 38.4 Å². The van der Waals surface area contributed by atoms with Gasteiger partial charge in [-0.05, 0) is 44.6 Å². The Bertz CT molecular complexity index is 382. The third kappa shape index (κ3) is 3.33. The molecule has 0 aromatic carbocycles. The maximum Gasteiger partial charge on any atom is 0.0596 e. The van der Waals surface area contributed by atoms with Gasteiger partial charge in [0.25, 0.3) is 0 Å². The lowest BCUT2D eigenvalue weighted by Crippen LogP contribution is -2.28. The largest absolute Gasteiger partial charge is 0.383 e. The number of nitrogens with one attached hydrogen (secondary N) is 1. The molecule has 0 unspecified atom stereocenters. The van der Waals surface area contributed by atoms with Crippen LogP contribution in [0.2, 0.25) is 0 Å². The van der Waals surface area contributed by atoms with E-state index in [-0.39, 0.29) is 0 Å². The Morgan fingerprint density at radius 2 is 2.28 bits per heavy atom. The van der Waals surface area contributed by atoms with Gasteiger partial charge in [-0.2, -0.15) is 5.10 Å². The smallest absolute Gasteiger partial charge is 0.0596 e. The summed E-state index contributed by atoms with van der Waals surface area (Å²) in [6, 6.07) is 2.23. The van der Waals surface area contributed by atoms with Crippen LogP contribution in [0.5, 0.6) is 0 Å². The van der Waals surface area contributed by atoms with Gasteiger partial charge in [0.2, 0.25) is 0 Å². The Labute approximate surface area is 110 Å². The van der Waals surface area contributed by atoms with Crippen LogP contribution < -0.4 is 5.32 Å². The van der Waals surface area contributed by atoms with Crippen molar-refractivity contribution in [3.8, 4) is 0 Å². The predicted molar refractivity (Wildman–Crippen MR) is 72.8 cm³/mol. The van der Waals surface area contributed by atoms with Gasteiger partial charge in [0.05, 0.1) is 12.3 Å². The molecule has 2 rings (SSSR count). The van der Waals surface area contributed by atoms with Gasteiger partial charge in [-0.15, -0.1) is 0 Å². The highest BCUT2D eigenvalue weighted by atomic mass is 16.5. The average molecular weight is 251 g/mol. The van der Waals surface area contributed by atoms with Crippen molar-refractivity contribution in [1.82, 2.24) is 15.1 Å². The maximum absolute atomic E-state index is 5.06. The van der Waals surface area contributed by atoms with Crippen LogP contribution in [0.1, 0.15) is 31.2 Å². The Morgan fingerprint density at radius 3 is 2.89 bits per heavy atom. The fourth-order valence-electron chi connectivity index (χ4n) is 2.52. The average Bonchev–Trinajstić information content (AvgIpc) is 3.02. The van der Waals surface area contributed by atoms with Gasteiger partial charge in [-0.25, -0.2) is 0 Å². The summed E-state index contributed by atoms with van der Waals surface area (Å²) in [7, 11) is 1.75. The molecule has 0 saturated heterocycles. The predicted octanol–water partition coefficient (Wildman–Crippen LogP) is 1.77. The van der Waals surface area contributed by atoms with Crippen molar-refractivity contribution in [2.24, 2.45) is 5.41 Å². The minimum absolute atomic E-state index is 0.479. The number of nitrogens with zero attached hydrogens (tertiary/aromatic N) is 2. The summed E-state index contributed by atoms with van der Waals surface area (Å²) >= 11 is 0. The first-order valence-corrected chi connectivity index (χ1v) is 6.92. The van der Waals surface area contributed by atoms with Crippen molar-refractivity contribution in [2.75, 3.05) is 26.8 Å². The summed E-state index contributed by atoms with van der Waals surface area (Å²) in [6.07, 6.45) is 3.82. The van der Waals surface area contributed by atoms with Crippen LogP contribution in [-0.4, -0.2) is 36.6 Å². The molecule has 102 valence electrons. The van der Waals surface area contributed by atoms with E-state index in [1.165, 1.54) is 18.5 Å². The molecule has 0 aliphatic heterocycles. The van der Waals surface area contributed by atoms with Crippen molar-refractivity contribution in [1.29, 1.82) is 0 Å². The first kappa shape index (κ1) is 13.6. The fourth-order valence-corrected chi connectivity index (χ4v) is 2.52. The standard InChI is InChI=1S/C14H25N3O/c1-4-17-13(9-12(2)16-17)10-14(5-6-14)11-15-7-8-18-3/h9,15H,4-8,10-11H2,1-3H3. The maximum atomic E-state index is 5.06. The molecule has 0 atom stereocenters. The van der Waals surface area contributed by atoms with Gasteiger partial charge in [-0.1, -0.05) is 0 Å². The molecule has 0 spiro atoms. The third-order valence-electron chi connectivity index (χ3n) is 3.78. The zero-order valence-corrected chi connectivity index (χ0v) is 11.8. The van der Waals surface area contributed by atoms with Crippen molar-refractivity contribution >= 4 is 0 Å². The van der Waals surface area contributed by atoms with Crippen LogP contribution in [0.3, 0.4) is 0 Å². The zero-order valence-electron chi connectivity index (χ0n) is 11.8. The Kier molecular flexibility index (Phi) is 4.40. The first-order chi connectivity index (χ1) is 8.69. The van der Waals surface area contributed by atoms with E-state index in [1.807, 2.05) is 0 Å². The summed E-state index contributed by atoms with van der Waals surface area (Å²) in [4.78, 5) is 0. The summed E-state index contributed by atoms with van der Waals surface area (Å²) in [5, 5.41) is 8.03. The Morgan fingerprint density at radius 1 is 1.50 bits per heavy atom. The fraction of sp³-hybridized carbons (Fsp3) is 0.786. The zero-order chi connectivity index (χ0) is 13.0. The Hall–Kier alpha value is -0.870. The molecule has 1 saturated carbocycles. The number of aromatic nitrogens is 2. The van der Waals surface area contributed by atoms with Crippen LogP contribution >= 0.6 is 0 Å². The minimum Gasteiger partial charge on any atom is -0.383 e. The Balaban J connectivity index is 1.87. The molecule has 1 N–H and O–H groups in total. The van der Waals surface area contributed by atoms with Gasteiger partial charge in [-0.3, -0.25) is 4.68 Å². The van der Waals surface area contributed by atoms with Gasteiger partial charge < -0.3 is 10.1 Å². The summed E-state index contributed by atoms with van der Waals surface area (Å²) in [6.45, 7) is 8.05. The number of methoxy groups -OCH3 is 1. The lowest BCUT2D eigenvalue weighted by atomic mass is 10.00. The van der Waals surface area contributed by atoms with E-state index in [9.17, 15) is 0 Å².